The molecule has 0 bridgehead atoms. The first kappa shape index (κ1) is 15.5. The molecule has 2 rings (SSSR count). The lowest BCUT2D eigenvalue weighted by Gasteiger charge is -2.15. The van der Waals surface area contributed by atoms with E-state index in [2.05, 4.69) is 9.72 Å². The van der Waals surface area contributed by atoms with E-state index in [4.69, 9.17) is 16.0 Å². The summed E-state index contributed by atoms with van der Waals surface area (Å²) in [5.41, 5.74) is 0.104. The van der Waals surface area contributed by atoms with Gasteiger partial charge in [0.05, 0.1) is 12.7 Å². The van der Waals surface area contributed by atoms with E-state index in [1.165, 1.54) is 19.2 Å². The van der Waals surface area contributed by atoms with Gasteiger partial charge in [0.15, 0.2) is 0 Å². The summed E-state index contributed by atoms with van der Waals surface area (Å²) in [7, 11) is 1.25. The minimum Gasteiger partial charge on any atom is -0.463 e. The lowest BCUT2D eigenvalue weighted by molar-refractivity contribution is 0.0562. The number of nitrogens with zero attached hydrogens (tertiary/aromatic N) is 1. The predicted molar refractivity (Wildman–Crippen MR) is 76.9 cm³/mol. The average Bonchev–Trinajstić information content (AvgIpc) is 2.82. The molecule has 0 fully saturated rings. The molecule has 2 aromatic rings. The smallest absolute Gasteiger partial charge is 0.376 e. The monoisotopic (exact) mass is 311 g/mol. The van der Waals surface area contributed by atoms with Crippen molar-refractivity contribution in [2.45, 2.75) is 26.2 Å². The highest BCUT2D eigenvalue weighted by Gasteiger charge is 2.30. The fraction of sp³-hybridized carbons (Fsp3) is 0.333. The Balaban J connectivity index is 2.61. The Hall–Kier alpha value is -1.88. The van der Waals surface area contributed by atoms with Crippen LogP contribution in [-0.4, -0.2) is 18.1 Å². The van der Waals surface area contributed by atoms with E-state index >= 15 is 0 Å². The van der Waals surface area contributed by atoms with E-state index in [1.807, 2.05) is 20.8 Å². The third kappa shape index (κ3) is 3.08. The van der Waals surface area contributed by atoms with E-state index in [0.29, 0.717) is 5.69 Å². The van der Waals surface area contributed by atoms with Gasteiger partial charge in [-0.2, -0.15) is 0 Å². The average molecular weight is 312 g/mol. The number of oxazole rings is 1. The Morgan fingerprint density at radius 2 is 2.05 bits per heavy atom. The fourth-order valence-electron chi connectivity index (χ4n) is 1.84. The van der Waals surface area contributed by atoms with Crippen LogP contribution < -0.4 is 0 Å². The van der Waals surface area contributed by atoms with E-state index in [0.717, 1.165) is 6.07 Å². The molecule has 0 saturated heterocycles. The molecule has 1 aromatic heterocycles. The third-order valence-electron chi connectivity index (χ3n) is 2.87. The van der Waals surface area contributed by atoms with Crippen LogP contribution in [0, 0.1) is 5.82 Å². The number of methoxy groups -OCH3 is 1. The van der Waals surface area contributed by atoms with Gasteiger partial charge in [0.2, 0.25) is 11.7 Å². The molecule has 0 atom stereocenters. The van der Waals surface area contributed by atoms with E-state index in [1.54, 1.807) is 0 Å². The molecule has 21 heavy (non-hydrogen) atoms. The van der Waals surface area contributed by atoms with Gasteiger partial charge in [-0.15, -0.1) is 0 Å². The van der Waals surface area contributed by atoms with Crippen molar-refractivity contribution in [1.82, 2.24) is 4.98 Å². The summed E-state index contributed by atoms with van der Waals surface area (Å²) in [6.45, 7) is 5.62. The maximum Gasteiger partial charge on any atom is 0.376 e. The number of esters is 1. The number of ether oxygens (including phenoxy) is 1. The van der Waals surface area contributed by atoms with Crippen LogP contribution in [0.1, 0.15) is 37.0 Å². The van der Waals surface area contributed by atoms with Crippen LogP contribution in [0.5, 0.6) is 0 Å². The Labute approximate surface area is 126 Å². The molecule has 0 amide bonds. The van der Waals surface area contributed by atoms with Gasteiger partial charge in [-0.25, -0.2) is 14.2 Å². The van der Waals surface area contributed by atoms with Gasteiger partial charge >= 0.3 is 5.97 Å². The van der Waals surface area contributed by atoms with Gasteiger partial charge in [-0.05, 0) is 18.2 Å². The molecule has 0 aliphatic rings. The molecule has 0 spiro atoms. The molecule has 6 heteroatoms. The van der Waals surface area contributed by atoms with Crippen LogP contribution in [0.25, 0.3) is 11.5 Å². The third-order valence-corrected chi connectivity index (χ3v) is 3.11. The number of rotatable bonds is 2. The highest BCUT2D eigenvalue weighted by Crippen LogP contribution is 2.32. The zero-order valence-corrected chi connectivity index (χ0v) is 12.9. The number of aromatic nitrogens is 1. The lowest BCUT2D eigenvalue weighted by Crippen LogP contribution is -2.17. The van der Waals surface area contributed by atoms with Crippen molar-refractivity contribution in [2.24, 2.45) is 0 Å². The van der Waals surface area contributed by atoms with E-state index < -0.39 is 17.2 Å². The van der Waals surface area contributed by atoms with Gasteiger partial charge in [0, 0.05) is 10.4 Å². The Kier molecular flexibility index (Phi) is 4.05. The van der Waals surface area contributed by atoms with Crippen LogP contribution in [0.2, 0.25) is 5.02 Å². The van der Waals surface area contributed by atoms with Gasteiger partial charge in [-0.1, -0.05) is 32.4 Å². The minimum atomic E-state index is -0.645. The maximum atomic E-state index is 14.0. The van der Waals surface area contributed by atoms with Crippen LogP contribution >= 0.6 is 11.6 Å². The van der Waals surface area contributed by atoms with Crippen molar-refractivity contribution in [1.29, 1.82) is 0 Å². The fourth-order valence-corrected chi connectivity index (χ4v) is 2.00. The molecule has 4 nitrogen and oxygen atoms in total. The van der Waals surface area contributed by atoms with Crippen molar-refractivity contribution in [3.05, 3.63) is 40.5 Å². The second kappa shape index (κ2) is 5.48. The molecule has 0 aliphatic carbocycles. The normalized spacial score (nSPS) is 11.5. The molecular formula is C15H15ClFNO3. The second-order valence-electron chi connectivity index (χ2n) is 5.56. The molecule has 0 N–H and O–H groups in total. The highest BCUT2D eigenvalue weighted by atomic mass is 35.5. The zero-order chi connectivity index (χ0) is 15.8. The quantitative estimate of drug-likeness (QED) is 0.779. The van der Waals surface area contributed by atoms with Gasteiger partial charge in [-0.3, -0.25) is 0 Å². The topological polar surface area (TPSA) is 52.3 Å². The van der Waals surface area contributed by atoms with Crippen molar-refractivity contribution in [2.75, 3.05) is 7.11 Å². The van der Waals surface area contributed by atoms with Crippen LogP contribution in [0.3, 0.4) is 0 Å². The molecule has 1 heterocycles. The van der Waals surface area contributed by atoms with E-state index in [9.17, 15) is 9.18 Å². The molecular weight excluding hydrogens is 297 g/mol. The number of carbonyl (C=O) groups excluding carboxylic acids is 1. The summed E-state index contributed by atoms with van der Waals surface area (Å²) in [5, 5.41) is 0.270. The molecule has 1 aromatic carbocycles. The Morgan fingerprint density at radius 3 is 2.57 bits per heavy atom. The second-order valence-corrected chi connectivity index (χ2v) is 6.00. The van der Waals surface area contributed by atoms with Crippen molar-refractivity contribution in [3.63, 3.8) is 0 Å². The first-order chi connectivity index (χ1) is 9.74. The highest BCUT2D eigenvalue weighted by molar-refractivity contribution is 6.30. The summed E-state index contributed by atoms with van der Waals surface area (Å²) >= 11 is 5.72. The predicted octanol–water partition coefficient (Wildman–Crippen LogP) is 4.22. The van der Waals surface area contributed by atoms with Crippen LogP contribution in [-0.2, 0) is 10.2 Å². The number of carbonyl (C=O) groups is 1. The molecule has 112 valence electrons. The van der Waals surface area contributed by atoms with E-state index in [-0.39, 0.29) is 22.2 Å². The first-order valence-electron chi connectivity index (χ1n) is 6.29. The Morgan fingerprint density at radius 1 is 1.38 bits per heavy atom. The summed E-state index contributed by atoms with van der Waals surface area (Å²) in [4.78, 5) is 16.1. The first-order valence-corrected chi connectivity index (χ1v) is 6.67. The minimum absolute atomic E-state index is 0.0191. The summed E-state index contributed by atoms with van der Waals surface area (Å²) in [6.07, 6.45) is 0. The van der Waals surface area contributed by atoms with Gasteiger partial charge in [0.1, 0.15) is 11.5 Å². The van der Waals surface area contributed by atoms with Crippen molar-refractivity contribution < 1.29 is 18.3 Å². The number of halogens is 2. The van der Waals surface area contributed by atoms with Crippen molar-refractivity contribution in [3.8, 4) is 11.5 Å². The Bertz CT molecular complexity index is 689. The maximum absolute atomic E-state index is 14.0. The summed E-state index contributed by atoms with van der Waals surface area (Å²) < 4.78 is 24.1. The zero-order valence-electron chi connectivity index (χ0n) is 12.2. The SMILES string of the molecule is COC(=O)c1oc(-c2ccc(Cl)cc2F)nc1C(C)(C)C. The number of hydrogen-bond acceptors (Lipinski definition) is 4. The summed E-state index contributed by atoms with van der Waals surface area (Å²) in [5.74, 6) is -1.21. The molecule has 0 saturated carbocycles. The number of hydrogen-bond donors (Lipinski definition) is 0. The summed E-state index contributed by atoms with van der Waals surface area (Å²) in [6, 6.07) is 4.14. The molecule has 0 radical (unpaired) electrons. The molecule has 0 unspecified atom stereocenters. The van der Waals surface area contributed by atoms with Crippen molar-refractivity contribution >= 4 is 17.6 Å². The lowest BCUT2D eigenvalue weighted by atomic mass is 9.91. The van der Waals surface area contributed by atoms with Gasteiger partial charge in [0.25, 0.3) is 0 Å². The van der Waals surface area contributed by atoms with Crippen LogP contribution in [0.15, 0.2) is 22.6 Å². The molecule has 0 aliphatic heterocycles. The largest absolute Gasteiger partial charge is 0.463 e. The van der Waals surface area contributed by atoms with Gasteiger partial charge < -0.3 is 9.15 Å². The standard InChI is InChI=1S/C15H15ClFNO3/c1-15(2,3)12-11(14(19)20-4)21-13(18-12)9-6-5-8(16)7-10(9)17/h5-7H,1-4H3. The number of benzene rings is 1. The van der Waals surface area contributed by atoms with Crippen LogP contribution in [0.4, 0.5) is 4.39 Å².